The number of hydrogen-bond donors (Lipinski definition) is 0. The van der Waals surface area contributed by atoms with E-state index >= 15 is 0 Å². The summed E-state index contributed by atoms with van der Waals surface area (Å²) in [5.41, 5.74) is 2.54. The minimum absolute atomic E-state index is 0.0817. The van der Waals surface area contributed by atoms with Gasteiger partial charge in [0.15, 0.2) is 5.78 Å². The first-order chi connectivity index (χ1) is 9.19. The summed E-state index contributed by atoms with van der Waals surface area (Å²) in [6.45, 7) is 1.57. The largest absolute Gasteiger partial charge is 0.295 e. The standard InChI is InChI=1S/C16H13NOS/c1-12(18)15-5-7-16(8-6-15)19-11-14-4-2-3-13(9-14)10-17/h2-9H,11H2,1H3. The normalized spacial score (nSPS) is 9.89. The van der Waals surface area contributed by atoms with E-state index in [1.165, 1.54) is 0 Å². The molecule has 0 unspecified atom stereocenters. The lowest BCUT2D eigenvalue weighted by atomic mass is 10.1. The maximum atomic E-state index is 11.2. The first-order valence-corrected chi connectivity index (χ1v) is 6.90. The topological polar surface area (TPSA) is 40.9 Å². The number of rotatable bonds is 4. The molecule has 2 aromatic carbocycles. The lowest BCUT2D eigenvalue weighted by Gasteiger charge is -2.03. The summed E-state index contributed by atoms with van der Waals surface area (Å²) in [5.74, 6) is 0.896. The Morgan fingerprint density at radius 3 is 2.58 bits per heavy atom. The van der Waals surface area contributed by atoms with Gasteiger partial charge in [-0.15, -0.1) is 11.8 Å². The first-order valence-electron chi connectivity index (χ1n) is 5.92. The smallest absolute Gasteiger partial charge is 0.159 e. The van der Waals surface area contributed by atoms with Crippen LogP contribution in [-0.2, 0) is 5.75 Å². The van der Waals surface area contributed by atoms with Crippen molar-refractivity contribution in [2.45, 2.75) is 17.6 Å². The van der Waals surface area contributed by atoms with Crippen LogP contribution >= 0.6 is 11.8 Å². The Labute approximate surface area is 117 Å². The van der Waals surface area contributed by atoms with E-state index < -0.39 is 0 Å². The maximum absolute atomic E-state index is 11.2. The van der Waals surface area contributed by atoms with Crippen LogP contribution in [-0.4, -0.2) is 5.78 Å². The fraction of sp³-hybridized carbons (Fsp3) is 0.125. The highest BCUT2D eigenvalue weighted by Crippen LogP contribution is 2.23. The van der Waals surface area contributed by atoms with Crippen LogP contribution in [0.5, 0.6) is 0 Å². The molecule has 94 valence electrons. The molecule has 0 bridgehead atoms. The lowest BCUT2D eigenvalue weighted by molar-refractivity contribution is 0.101. The van der Waals surface area contributed by atoms with Gasteiger partial charge in [-0.1, -0.05) is 24.3 Å². The lowest BCUT2D eigenvalue weighted by Crippen LogP contribution is -1.90. The second-order valence-corrected chi connectivity index (χ2v) is 5.23. The number of benzene rings is 2. The van der Waals surface area contributed by atoms with Crippen molar-refractivity contribution in [1.29, 1.82) is 5.26 Å². The second-order valence-electron chi connectivity index (χ2n) is 4.18. The van der Waals surface area contributed by atoms with Crippen LogP contribution in [0.1, 0.15) is 28.4 Å². The first kappa shape index (κ1) is 13.4. The van der Waals surface area contributed by atoms with Crippen LogP contribution in [0.4, 0.5) is 0 Å². The predicted molar refractivity (Wildman–Crippen MR) is 77.2 cm³/mol. The molecule has 0 N–H and O–H groups in total. The number of carbonyl (C=O) groups excluding carboxylic acids is 1. The van der Waals surface area contributed by atoms with Gasteiger partial charge in [0.05, 0.1) is 11.6 Å². The summed E-state index contributed by atoms with van der Waals surface area (Å²) < 4.78 is 0. The molecule has 0 aliphatic heterocycles. The number of nitriles is 1. The van der Waals surface area contributed by atoms with E-state index in [9.17, 15) is 4.79 Å². The van der Waals surface area contributed by atoms with Crippen molar-refractivity contribution in [3.63, 3.8) is 0 Å². The Kier molecular flexibility index (Phi) is 4.38. The van der Waals surface area contributed by atoms with Gasteiger partial charge >= 0.3 is 0 Å². The Bertz CT molecular complexity index is 626. The Morgan fingerprint density at radius 1 is 1.21 bits per heavy atom. The molecule has 0 aliphatic rings. The van der Waals surface area contributed by atoms with E-state index in [0.29, 0.717) is 5.56 Å². The summed E-state index contributed by atoms with van der Waals surface area (Å²) in [4.78, 5) is 12.3. The summed E-state index contributed by atoms with van der Waals surface area (Å²) >= 11 is 1.69. The van der Waals surface area contributed by atoms with E-state index in [4.69, 9.17) is 5.26 Å². The maximum Gasteiger partial charge on any atom is 0.159 e. The Hall–Kier alpha value is -2.05. The molecule has 0 aliphatic carbocycles. The molecule has 2 aromatic rings. The molecule has 0 fully saturated rings. The number of ketones is 1. The third-order valence-electron chi connectivity index (χ3n) is 2.72. The molecule has 3 heteroatoms. The molecule has 0 amide bonds. The number of Topliss-reactive ketones (excluding diaryl/α,β-unsaturated/α-hetero) is 1. The fourth-order valence-electron chi connectivity index (χ4n) is 1.68. The zero-order valence-corrected chi connectivity index (χ0v) is 11.4. The highest BCUT2D eigenvalue weighted by atomic mass is 32.2. The number of carbonyl (C=O) groups is 1. The van der Waals surface area contributed by atoms with E-state index in [1.54, 1.807) is 24.8 Å². The summed E-state index contributed by atoms with van der Waals surface area (Å²) in [6.07, 6.45) is 0. The zero-order chi connectivity index (χ0) is 13.7. The Balaban J connectivity index is 2.02. The van der Waals surface area contributed by atoms with E-state index in [-0.39, 0.29) is 5.78 Å². The molecule has 19 heavy (non-hydrogen) atoms. The molecule has 0 saturated carbocycles. The minimum atomic E-state index is 0.0817. The van der Waals surface area contributed by atoms with Gasteiger partial charge in [-0.05, 0) is 36.8 Å². The van der Waals surface area contributed by atoms with Crippen LogP contribution in [0.2, 0.25) is 0 Å². The summed E-state index contributed by atoms with van der Waals surface area (Å²) in [6, 6.07) is 17.3. The molecular weight excluding hydrogens is 254 g/mol. The van der Waals surface area contributed by atoms with Gasteiger partial charge in [0.2, 0.25) is 0 Å². The monoisotopic (exact) mass is 267 g/mol. The quantitative estimate of drug-likeness (QED) is 0.619. The van der Waals surface area contributed by atoms with Gasteiger partial charge in [-0.2, -0.15) is 5.26 Å². The van der Waals surface area contributed by atoms with Crippen LogP contribution in [0.25, 0.3) is 0 Å². The highest BCUT2D eigenvalue weighted by Gasteiger charge is 2.01. The zero-order valence-electron chi connectivity index (χ0n) is 10.6. The molecular formula is C16H13NOS. The molecule has 0 spiro atoms. The van der Waals surface area contributed by atoms with Crippen LogP contribution < -0.4 is 0 Å². The number of hydrogen-bond acceptors (Lipinski definition) is 3. The van der Waals surface area contributed by atoms with Crippen molar-refractivity contribution in [2.24, 2.45) is 0 Å². The van der Waals surface area contributed by atoms with Crippen LogP contribution in [0.15, 0.2) is 53.4 Å². The highest BCUT2D eigenvalue weighted by molar-refractivity contribution is 7.98. The Morgan fingerprint density at radius 2 is 1.95 bits per heavy atom. The average molecular weight is 267 g/mol. The van der Waals surface area contributed by atoms with Gasteiger partial charge in [-0.25, -0.2) is 0 Å². The number of thioether (sulfide) groups is 1. The van der Waals surface area contributed by atoms with Crippen molar-refractivity contribution in [3.05, 3.63) is 65.2 Å². The summed E-state index contributed by atoms with van der Waals surface area (Å²) in [5, 5.41) is 8.84. The molecule has 0 atom stereocenters. The number of nitrogens with zero attached hydrogens (tertiary/aromatic N) is 1. The van der Waals surface area contributed by atoms with E-state index in [0.717, 1.165) is 21.8 Å². The van der Waals surface area contributed by atoms with Gasteiger partial charge in [0.1, 0.15) is 0 Å². The van der Waals surface area contributed by atoms with Gasteiger partial charge in [-0.3, -0.25) is 4.79 Å². The second kappa shape index (κ2) is 6.21. The van der Waals surface area contributed by atoms with Gasteiger partial charge < -0.3 is 0 Å². The van der Waals surface area contributed by atoms with Crippen molar-refractivity contribution in [3.8, 4) is 6.07 Å². The van der Waals surface area contributed by atoms with Crippen molar-refractivity contribution in [1.82, 2.24) is 0 Å². The minimum Gasteiger partial charge on any atom is -0.295 e. The van der Waals surface area contributed by atoms with E-state index in [1.807, 2.05) is 42.5 Å². The van der Waals surface area contributed by atoms with Gasteiger partial charge in [0.25, 0.3) is 0 Å². The SMILES string of the molecule is CC(=O)c1ccc(SCc2cccc(C#N)c2)cc1. The molecule has 0 aromatic heterocycles. The van der Waals surface area contributed by atoms with Crippen LogP contribution in [0, 0.1) is 11.3 Å². The average Bonchev–Trinajstić information content (AvgIpc) is 2.46. The van der Waals surface area contributed by atoms with Crippen molar-refractivity contribution < 1.29 is 4.79 Å². The summed E-state index contributed by atoms with van der Waals surface area (Å²) in [7, 11) is 0. The predicted octanol–water partition coefficient (Wildman–Crippen LogP) is 4.05. The molecule has 0 radical (unpaired) electrons. The van der Waals surface area contributed by atoms with E-state index in [2.05, 4.69) is 6.07 Å². The van der Waals surface area contributed by atoms with Crippen molar-refractivity contribution in [2.75, 3.05) is 0 Å². The third-order valence-corrected chi connectivity index (χ3v) is 3.81. The van der Waals surface area contributed by atoms with Gasteiger partial charge in [0, 0.05) is 16.2 Å². The third kappa shape index (κ3) is 3.70. The molecule has 0 heterocycles. The van der Waals surface area contributed by atoms with Crippen LogP contribution in [0.3, 0.4) is 0 Å². The molecule has 0 saturated heterocycles. The fourth-order valence-corrected chi connectivity index (χ4v) is 2.52. The molecule has 2 nitrogen and oxygen atoms in total. The molecule has 2 rings (SSSR count). The van der Waals surface area contributed by atoms with Crippen molar-refractivity contribution >= 4 is 17.5 Å².